The van der Waals surface area contributed by atoms with Gasteiger partial charge >= 0.3 is 0 Å². The maximum Gasteiger partial charge on any atom is 0.262 e. The van der Waals surface area contributed by atoms with E-state index >= 15 is 0 Å². The number of rotatable bonds is 3. The summed E-state index contributed by atoms with van der Waals surface area (Å²) in [6.07, 6.45) is 0. The maximum absolute atomic E-state index is 13.5. The van der Waals surface area contributed by atoms with Crippen molar-refractivity contribution in [3.63, 3.8) is 0 Å². The van der Waals surface area contributed by atoms with Gasteiger partial charge in [-0.25, -0.2) is 12.8 Å². The summed E-state index contributed by atoms with van der Waals surface area (Å²) in [5.41, 5.74) is 0.357. The average Bonchev–Trinajstić information content (AvgIpc) is 2.33. The predicted molar refractivity (Wildman–Crippen MR) is 70.1 cm³/mol. The molecule has 0 aliphatic heterocycles. The van der Waals surface area contributed by atoms with Gasteiger partial charge in [0.2, 0.25) is 0 Å². The van der Waals surface area contributed by atoms with E-state index in [1.807, 2.05) is 0 Å². The summed E-state index contributed by atoms with van der Waals surface area (Å²) >= 11 is 0. The first-order valence-electron chi connectivity index (χ1n) is 5.47. The number of halogens is 1. The number of anilines is 1. The summed E-state index contributed by atoms with van der Waals surface area (Å²) in [6.45, 7) is 1.65. The lowest BCUT2D eigenvalue weighted by molar-refractivity contribution is 0.469. The Morgan fingerprint density at radius 2 is 1.84 bits per heavy atom. The molecular formula is C13H12FNO3S. The summed E-state index contributed by atoms with van der Waals surface area (Å²) in [7, 11) is -3.85. The fourth-order valence-corrected chi connectivity index (χ4v) is 2.96. The highest BCUT2D eigenvalue weighted by molar-refractivity contribution is 7.92. The molecule has 0 aliphatic carbocycles. The van der Waals surface area contributed by atoms with Crippen molar-refractivity contribution in [2.75, 3.05) is 4.72 Å². The number of aryl methyl sites for hydroxylation is 1. The van der Waals surface area contributed by atoms with E-state index in [0.717, 1.165) is 6.07 Å². The summed E-state index contributed by atoms with van der Waals surface area (Å²) < 4.78 is 39.9. The van der Waals surface area contributed by atoms with Gasteiger partial charge in [0.15, 0.2) is 5.82 Å². The number of sulfonamides is 1. The van der Waals surface area contributed by atoms with Crippen LogP contribution in [0.5, 0.6) is 5.75 Å². The SMILES string of the molecule is Cc1ccccc1S(=O)(=O)Nc1ccc(O)cc1F. The van der Waals surface area contributed by atoms with Crippen molar-refractivity contribution in [3.8, 4) is 5.75 Å². The Balaban J connectivity index is 2.40. The summed E-state index contributed by atoms with van der Waals surface area (Å²) in [5, 5.41) is 9.08. The lowest BCUT2D eigenvalue weighted by Crippen LogP contribution is -2.15. The van der Waals surface area contributed by atoms with E-state index in [0.29, 0.717) is 5.56 Å². The van der Waals surface area contributed by atoms with E-state index in [9.17, 15) is 12.8 Å². The largest absolute Gasteiger partial charge is 0.508 e. The Hall–Kier alpha value is -2.08. The standard InChI is InChI=1S/C13H12FNO3S/c1-9-4-2-3-5-13(9)19(17,18)15-12-7-6-10(16)8-11(12)14/h2-8,15-16H,1H3. The second-order valence-electron chi connectivity index (χ2n) is 4.04. The number of hydrogen-bond acceptors (Lipinski definition) is 3. The molecule has 0 unspecified atom stereocenters. The molecular weight excluding hydrogens is 269 g/mol. The van der Waals surface area contributed by atoms with Crippen molar-refractivity contribution in [1.82, 2.24) is 0 Å². The molecule has 100 valence electrons. The van der Waals surface area contributed by atoms with Crippen LogP contribution in [0.15, 0.2) is 47.4 Å². The van der Waals surface area contributed by atoms with Crippen LogP contribution >= 0.6 is 0 Å². The highest BCUT2D eigenvalue weighted by Gasteiger charge is 2.18. The Morgan fingerprint density at radius 1 is 1.16 bits per heavy atom. The number of phenolic OH excluding ortho intramolecular Hbond substituents is 1. The number of aromatic hydroxyl groups is 1. The Bertz CT molecular complexity index is 714. The van der Waals surface area contributed by atoms with Crippen molar-refractivity contribution in [3.05, 3.63) is 53.8 Å². The second kappa shape index (κ2) is 4.89. The smallest absolute Gasteiger partial charge is 0.262 e. The molecule has 2 rings (SSSR count). The number of hydrogen-bond donors (Lipinski definition) is 2. The maximum atomic E-state index is 13.5. The quantitative estimate of drug-likeness (QED) is 0.850. The molecule has 0 atom stereocenters. The molecule has 6 heteroatoms. The van der Waals surface area contributed by atoms with Crippen LogP contribution in [0.25, 0.3) is 0 Å². The van der Waals surface area contributed by atoms with Crippen molar-refractivity contribution < 1.29 is 17.9 Å². The predicted octanol–water partition coefficient (Wildman–Crippen LogP) is 2.64. The third kappa shape index (κ3) is 2.85. The zero-order chi connectivity index (χ0) is 14.0. The second-order valence-corrected chi connectivity index (χ2v) is 5.69. The summed E-state index contributed by atoms with van der Waals surface area (Å²) in [4.78, 5) is 0.0856. The van der Waals surface area contributed by atoms with E-state index < -0.39 is 15.8 Å². The molecule has 2 aromatic rings. The van der Waals surface area contributed by atoms with E-state index in [1.54, 1.807) is 25.1 Å². The molecule has 2 aromatic carbocycles. The lowest BCUT2D eigenvalue weighted by Gasteiger charge is -2.10. The van der Waals surface area contributed by atoms with Crippen LogP contribution in [0, 0.1) is 12.7 Å². The molecule has 2 N–H and O–H groups in total. The van der Waals surface area contributed by atoms with Crippen LogP contribution in [0.1, 0.15) is 5.56 Å². The minimum Gasteiger partial charge on any atom is -0.508 e. The Labute approximate surface area is 110 Å². The highest BCUT2D eigenvalue weighted by atomic mass is 32.2. The topological polar surface area (TPSA) is 66.4 Å². The van der Waals surface area contributed by atoms with Crippen LogP contribution in [0.4, 0.5) is 10.1 Å². The molecule has 19 heavy (non-hydrogen) atoms. The fourth-order valence-electron chi connectivity index (χ4n) is 1.64. The monoisotopic (exact) mass is 281 g/mol. The Morgan fingerprint density at radius 3 is 2.47 bits per heavy atom. The van der Waals surface area contributed by atoms with Crippen LogP contribution in [-0.4, -0.2) is 13.5 Å². The molecule has 0 fully saturated rings. The van der Waals surface area contributed by atoms with E-state index in [1.165, 1.54) is 18.2 Å². The van der Waals surface area contributed by atoms with Crippen LogP contribution in [0.3, 0.4) is 0 Å². The minimum absolute atomic E-state index is 0.0856. The van der Waals surface area contributed by atoms with Gasteiger partial charge in [0, 0.05) is 6.07 Å². The normalized spacial score (nSPS) is 11.3. The summed E-state index contributed by atoms with van der Waals surface area (Å²) in [5.74, 6) is -1.10. The first kappa shape index (κ1) is 13.4. The number of phenols is 1. The van der Waals surface area contributed by atoms with E-state index in [2.05, 4.69) is 4.72 Å². The van der Waals surface area contributed by atoms with Crippen molar-refractivity contribution in [2.24, 2.45) is 0 Å². The van der Waals surface area contributed by atoms with Gasteiger partial charge in [-0.3, -0.25) is 4.72 Å². The van der Waals surface area contributed by atoms with Crippen LogP contribution < -0.4 is 4.72 Å². The van der Waals surface area contributed by atoms with E-state index in [4.69, 9.17) is 5.11 Å². The van der Waals surface area contributed by atoms with Crippen molar-refractivity contribution in [1.29, 1.82) is 0 Å². The zero-order valence-electron chi connectivity index (χ0n) is 10.1. The lowest BCUT2D eigenvalue weighted by atomic mass is 10.2. The molecule has 0 aromatic heterocycles. The van der Waals surface area contributed by atoms with E-state index in [-0.39, 0.29) is 16.3 Å². The minimum atomic E-state index is -3.85. The van der Waals surface area contributed by atoms with Gasteiger partial charge in [-0.15, -0.1) is 0 Å². The fraction of sp³-hybridized carbons (Fsp3) is 0.0769. The molecule has 0 saturated carbocycles. The van der Waals surface area contributed by atoms with Crippen molar-refractivity contribution in [2.45, 2.75) is 11.8 Å². The molecule has 0 radical (unpaired) electrons. The van der Waals surface area contributed by atoms with Gasteiger partial charge in [-0.1, -0.05) is 18.2 Å². The third-order valence-corrected chi connectivity index (χ3v) is 4.11. The number of benzene rings is 2. The van der Waals surface area contributed by atoms with Crippen LogP contribution in [0.2, 0.25) is 0 Å². The molecule has 0 amide bonds. The van der Waals surface area contributed by atoms with Gasteiger partial charge in [0.05, 0.1) is 10.6 Å². The van der Waals surface area contributed by atoms with Gasteiger partial charge in [0.1, 0.15) is 5.75 Å². The molecule has 0 saturated heterocycles. The Kier molecular flexibility index (Phi) is 3.44. The highest BCUT2D eigenvalue weighted by Crippen LogP contribution is 2.23. The first-order valence-corrected chi connectivity index (χ1v) is 6.95. The van der Waals surface area contributed by atoms with Gasteiger partial charge in [0.25, 0.3) is 10.0 Å². The van der Waals surface area contributed by atoms with Crippen LogP contribution in [-0.2, 0) is 10.0 Å². The zero-order valence-corrected chi connectivity index (χ0v) is 10.9. The van der Waals surface area contributed by atoms with Gasteiger partial charge in [-0.2, -0.15) is 0 Å². The van der Waals surface area contributed by atoms with Gasteiger partial charge in [-0.05, 0) is 30.7 Å². The van der Waals surface area contributed by atoms with Crippen molar-refractivity contribution >= 4 is 15.7 Å². The summed E-state index contributed by atoms with van der Waals surface area (Å²) in [6, 6.07) is 9.62. The molecule has 0 aliphatic rings. The third-order valence-electron chi connectivity index (χ3n) is 2.58. The first-order chi connectivity index (χ1) is 8.90. The molecule has 0 heterocycles. The average molecular weight is 281 g/mol. The molecule has 4 nitrogen and oxygen atoms in total. The van der Waals surface area contributed by atoms with Gasteiger partial charge < -0.3 is 5.11 Å². The number of nitrogens with one attached hydrogen (secondary N) is 1. The molecule has 0 bridgehead atoms. The molecule has 0 spiro atoms.